The third-order valence-electron chi connectivity index (χ3n) is 6.18. The summed E-state index contributed by atoms with van der Waals surface area (Å²) < 4.78 is 0. The van der Waals surface area contributed by atoms with Gasteiger partial charge in [-0.25, -0.2) is 19.4 Å². The van der Waals surface area contributed by atoms with Gasteiger partial charge in [-0.05, 0) is 62.5 Å². The van der Waals surface area contributed by atoms with E-state index in [0.29, 0.717) is 12.8 Å². The van der Waals surface area contributed by atoms with Crippen molar-refractivity contribution in [2.75, 3.05) is 0 Å². The third-order valence-corrected chi connectivity index (χ3v) is 6.18. The number of carbonyl (C=O) groups is 2. The zero-order valence-corrected chi connectivity index (χ0v) is 20.8. The maximum absolute atomic E-state index is 12.8. The van der Waals surface area contributed by atoms with Crippen LogP contribution in [-0.2, 0) is 30.2 Å². The summed E-state index contributed by atoms with van der Waals surface area (Å²) >= 11 is 0. The van der Waals surface area contributed by atoms with Gasteiger partial charge >= 0.3 is 11.9 Å². The van der Waals surface area contributed by atoms with Crippen molar-refractivity contribution in [3.05, 3.63) is 71.8 Å². The first kappa shape index (κ1) is 25.6. The Morgan fingerprint density at radius 3 is 1.12 bits per heavy atom. The first-order valence-corrected chi connectivity index (χ1v) is 11.2. The van der Waals surface area contributed by atoms with Gasteiger partial charge in [0, 0.05) is 0 Å². The maximum Gasteiger partial charge on any atom is 0.361 e. The number of rotatable bonds is 8. The van der Waals surface area contributed by atoms with Crippen molar-refractivity contribution >= 4 is 11.9 Å². The second-order valence-electron chi connectivity index (χ2n) is 11.4. The highest BCUT2D eigenvalue weighted by Gasteiger charge is 2.41. The van der Waals surface area contributed by atoms with Gasteiger partial charge in [0.15, 0.2) is 0 Å². The van der Waals surface area contributed by atoms with E-state index in [1.807, 2.05) is 64.1 Å². The minimum Gasteiger partial charge on any atom is -0.247 e. The summed E-state index contributed by atoms with van der Waals surface area (Å²) in [5.41, 5.74) is 0.143. The topological polar surface area (TPSA) is 52.6 Å². The monoisotopic (exact) mass is 438 g/mol. The fourth-order valence-electron chi connectivity index (χ4n) is 4.64. The molecule has 0 aliphatic carbocycles. The summed E-state index contributed by atoms with van der Waals surface area (Å²) in [5.74, 6) is -1.10. The van der Waals surface area contributed by atoms with E-state index in [1.165, 1.54) is 0 Å². The van der Waals surface area contributed by atoms with Crippen molar-refractivity contribution in [3.8, 4) is 0 Å². The van der Waals surface area contributed by atoms with Crippen LogP contribution >= 0.6 is 0 Å². The van der Waals surface area contributed by atoms with Crippen LogP contribution in [0, 0.1) is 10.8 Å². The van der Waals surface area contributed by atoms with Gasteiger partial charge < -0.3 is 0 Å². The minimum atomic E-state index is -0.826. The van der Waals surface area contributed by atoms with E-state index in [4.69, 9.17) is 9.78 Å². The molecule has 0 aliphatic heterocycles. The second-order valence-corrected chi connectivity index (χ2v) is 11.4. The molecule has 2 aromatic carbocycles. The normalized spacial score (nSPS) is 12.9. The Balaban J connectivity index is 2.00. The van der Waals surface area contributed by atoms with E-state index in [0.717, 1.165) is 11.1 Å². The summed E-state index contributed by atoms with van der Waals surface area (Å²) in [4.78, 5) is 35.8. The summed E-state index contributed by atoms with van der Waals surface area (Å²) in [6, 6.07) is 20.1. The van der Waals surface area contributed by atoms with Gasteiger partial charge in [-0.3, -0.25) is 0 Å². The Labute approximate surface area is 193 Å². The lowest BCUT2D eigenvalue weighted by Crippen LogP contribution is -2.37. The summed E-state index contributed by atoms with van der Waals surface area (Å²) in [7, 11) is 0. The predicted octanol–water partition coefficient (Wildman–Crippen LogP) is 6.78. The van der Waals surface area contributed by atoms with Crippen molar-refractivity contribution in [2.24, 2.45) is 10.8 Å². The van der Waals surface area contributed by atoms with Crippen LogP contribution < -0.4 is 0 Å². The summed E-state index contributed by atoms with van der Waals surface area (Å²) in [6.07, 6.45) is 1.09. The van der Waals surface area contributed by atoms with Gasteiger partial charge in [-0.15, -0.1) is 0 Å². The van der Waals surface area contributed by atoms with Crippen LogP contribution in [0.4, 0.5) is 0 Å². The Bertz CT molecular complexity index is 831. The summed E-state index contributed by atoms with van der Waals surface area (Å²) in [5, 5.41) is 0. The molecular formula is C28H38O4. The average molecular weight is 439 g/mol. The highest BCUT2D eigenvalue weighted by Crippen LogP contribution is 2.39. The number of carbonyl (C=O) groups excluding carboxylic acids is 2. The molecule has 0 spiro atoms. The van der Waals surface area contributed by atoms with E-state index in [-0.39, 0.29) is 10.8 Å². The van der Waals surface area contributed by atoms with Gasteiger partial charge in [0.2, 0.25) is 0 Å². The van der Waals surface area contributed by atoms with Crippen LogP contribution in [0.15, 0.2) is 60.7 Å². The maximum atomic E-state index is 12.8. The van der Waals surface area contributed by atoms with Crippen LogP contribution in [0.3, 0.4) is 0 Å². The molecule has 0 bridgehead atoms. The van der Waals surface area contributed by atoms with Gasteiger partial charge in [-0.1, -0.05) is 88.4 Å². The van der Waals surface area contributed by atoms with Crippen LogP contribution in [0.5, 0.6) is 0 Å². The molecule has 0 N–H and O–H groups in total. The lowest BCUT2D eigenvalue weighted by atomic mass is 9.71. The lowest BCUT2D eigenvalue weighted by Gasteiger charge is -2.34. The Hall–Kier alpha value is -2.62. The molecule has 2 rings (SSSR count). The molecule has 2 aromatic rings. The van der Waals surface area contributed by atoms with E-state index >= 15 is 0 Å². The third kappa shape index (κ3) is 6.44. The Kier molecular flexibility index (Phi) is 7.59. The van der Waals surface area contributed by atoms with Gasteiger partial charge in [-0.2, -0.15) is 0 Å². The molecule has 4 heteroatoms. The second kappa shape index (κ2) is 9.48. The molecular weight excluding hydrogens is 400 g/mol. The van der Waals surface area contributed by atoms with E-state index in [9.17, 15) is 9.59 Å². The average Bonchev–Trinajstić information content (AvgIpc) is 2.71. The molecule has 0 saturated carbocycles. The molecule has 32 heavy (non-hydrogen) atoms. The van der Waals surface area contributed by atoms with Crippen LogP contribution in [-0.4, -0.2) is 11.9 Å². The Morgan fingerprint density at radius 2 is 0.844 bits per heavy atom. The van der Waals surface area contributed by atoms with E-state index < -0.39 is 22.8 Å². The molecule has 0 amide bonds. The number of hydrogen-bond donors (Lipinski definition) is 0. The molecule has 0 heterocycles. The standard InChI is InChI=1S/C28H38O4/c1-25(2,21-15-11-9-12-16-21)19-27(5,6)23(29)31-32-24(30)28(7,8)20-26(3,4)22-17-13-10-14-18-22/h9-18H,19-20H2,1-8H3. The molecule has 4 nitrogen and oxygen atoms in total. The lowest BCUT2D eigenvalue weighted by molar-refractivity contribution is -0.272. The quantitative estimate of drug-likeness (QED) is 0.337. The number of benzene rings is 2. The van der Waals surface area contributed by atoms with Gasteiger partial charge in [0.1, 0.15) is 0 Å². The largest absolute Gasteiger partial charge is 0.361 e. The fourth-order valence-corrected chi connectivity index (χ4v) is 4.64. The fraction of sp³-hybridized carbons (Fsp3) is 0.500. The van der Waals surface area contributed by atoms with Gasteiger partial charge in [0.05, 0.1) is 10.8 Å². The molecule has 0 radical (unpaired) electrons. The molecule has 0 aromatic heterocycles. The van der Waals surface area contributed by atoms with Crippen molar-refractivity contribution in [2.45, 2.75) is 79.1 Å². The molecule has 0 aliphatic rings. The molecule has 174 valence electrons. The molecule has 0 saturated heterocycles. The molecule has 0 atom stereocenters. The van der Waals surface area contributed by atoms with Crippen LogP contribution in [0.25, 0.3) is 0 Å². The zero-order chi connectivity index (χ0) is 24.2. The van der Waals surface area contributed by atoms with E-state index in [2.05, 4.69) is 52.0 Å². The highest BCUT2D eigenvalue weighted by atomic mass is 17.2. The SMILES string of the molecule is CC(C)(CC(C)(C)c1ccccc1)C(=O)OOC(=O)C(C)(C)CC(C)(C)c1ccccc1. The van der Waals surface area contributed by atoms with Crippen molar-refractivity contribution in [1.82, 2.24) is 0 Å². The predicted molar refractivity (Wildman–Crippen MR) is 128 cm³/mol. The molecule has 0 fully saturated rings. The smallest absolute Gasteiger partial charge is 0.247 e. The first-order chi connectivity index (χ1) is 14.7. The first-order valence-electron chi connectivity index (χ1n) is 11.2. The van der Waals surface area contributed by atoms with Crippen LogP contribution in [0.2, 0.25) is 0 Å². The van der Waals surface area contributed by atoms with Crippen LogP contribution in [0.1, 0.15) is 79.4 Å². The zero-order valence-electron chi connectivity index (χ0n) is 20.8. The van der Waals surface area contributed by atoms with E-state index in [1.54, 1.807) is 0 Å². The summed E-state index contributed by atoms with van der Waals surface area (Å²) in [6.45, 7) is 15.6. The number of hydrogen-bond acceptors (Lipinski definition) is 4. The van der Waals surface area contributed by atoms with Crippen molar-refractivity contribution in [1.29, 1.82) is 0 Å². The Morgan fingerprint density at radius 1 is 0.562 bits per heavy atom. The highest BCUT2D eigenvalue weighted by molar-refractivity contribution is 5.79. The van der Waals surface area contributed by atoms with Crippen molar-refractivity contribution < 1.29 is 19.4 Å². The molecule has 0 unspecified atom stereocenters. The minimum absolute atomic E-state index is 0.243. The van der Waals surface area contributed by atoms with Crippen molar-refractivity contribution in [3.63, 3.8) is 0 Å². The van der Waals surface area contributed by atoms with Gasteiger partial charge in [0.25, 0.3) is 0 Å².